The number of fused-ring (bicyclic) bond motifs is 1. The van der Waals surface area contributed by atoms with Crippen LogP contribution in [0.3, 0.4) is 0 Å². The number of ether oxygens (including phenoxy) is 1. The molecule has 31 heavy (non-hydrogen) atoms. The zero-order valence-electron chi connectivity index (χ0n) is 18.5. The Hall–Kier alpha value is -2.41. The van der Waals surface area contributed by atoms with E-state index >= 15 is 0 Å². The SMILES string of the molecule is CCOC(=O)[C@H](CCc1ccccc1)N[C@H](C)C(=O)N1C2CCCC[C@@H]2C[C@H]1C(=O)O. The van der Waals surface area contributed by atoms with Crippen molar-refractivity contribution in [2.75, 3.05) is 6.61 Å². The maximum atomic E-state index is 13.4. The minimum Gasteiger partial charge on any atom is -0.480 e. The van der Waals surface area contributed by atoms with Crippen LogP contribution >= 0.6 is 0 Å². The number of carboxylic acid groups (broad SMARTS) is 1. The Morgan fingerprint density at radius 3 is 2.58 bits per heavy atom. The van der Waals surface area contributed by atoms with E-state index in [-0.39, 0.29) is 30.4 Å². The number of aryl methyl sites for hydroxylation is 1. The average Bonchev–Trinajstić information content (AvgIpc) is 3.16. The number of benzene rings is 1. The Morgan fingerprint density at radius 1 is 1.19 bits per heavy atom. The van der Waals surface area contributed by atoms with Gasteiger partial charge in [0.1, 0.15) is 12.1 Å². The Bertz CT molecular complexity index is 768. The summed E-state index contributed by atoms with van der Waals surface area (Å²) in [6.07, 6.45) is 5.62. The molecule has 2 N–H and O–H groups in total. The van der Waals surface area contributed by atoms with Gasteiger partial charge in [-0.2, -0.15) is 0 Å². The van der Waals surface area contributed by atoms with Gasteiger partial charge in [0.25, 0.3) is 0 Å². The van der Waals surface area contributed by atoms with Crippen molar-refractivity contribution in [2.45, 2.75) is 83.0 Å². The molecule has 7 heteroatoms. The van der Waals surface area contributed by atoms with Crippen LogP contribution in [0.25, 0.3) is 0 Å². The molecule has 1 aliphatic carbocycles. The van der Waals surface area contributed by atoms with Crippen molar-refractivity contribution in [2.24, 2.45) is 5.92 Å². The molecule has 5 atom stereocenters. The molecule has 7 nitrogen and oxygen atoms in total. The van der Waals surface area contributed by atoms with E-state index in [0.29, 0.717) is 19.3 Å². The molecule has 0 spiro atoms. The molecule has 170 valence electrons. The van der Waals surface area contributed by atoms with Crippen molar-refractivity contribution >= 4 is 17.8 Å². The Labute approximate surface area is 184 Å². The maximum Gasteiger partial charge on any atom is 0.326 e. The standard InChI is InChI=1S/C24H34N2O5/c1-3-31-24(30)19(14-13-17-9-5-4-6-10-17)25-16(2)22(27)26-20-12-8-7-11-18(20)15-21(26)23(28)29/h4-6,9-10,16,18-21,25H,3,7-8,11-15H2,1-2H3,(H,28,29)/t16-,18-,19+,20?,21+/m1/s1. The zero-order chi connectivity index (χ0) is 22.4. The summed E-state index contributed by atoms with van der Waals surface area (Å²) in [6, 6.07) is 7.75. The first-order chi connectivity index (χ1) is 14.9. The molecular formula is C24H34N2O5. The largest absolute Gasteiger partial charge is 0.480 e. The van der Waals surface area contributed by atoms with Gasteiger partial charge in [-0.15, -0.1) is 0 Å². The quantitative estimate of drug-likeness (QED) is 0.585. The number of aliphatic carboxylic acids is 1. The molecule has 2 fully saturated rings. The lowest BCUT2D eigenvalue weighted by molar-refractivity contribution is -0.152. The molecule has 0 aromatic heterocycles. The van der Waals surface area contributed by atoms with Gasteiger partial charge >= 0.3 is 11.9 Å². The lowest BCUT2D eigenvalue weighted by Gasteiger charge is -2.35. The number of carboxylic acids is 1. The highest BCUT2D eigenvalue weighted by Crippen LogP contribution is 2.40. The van der Waals surface area contributed by atoms with Crippen LogP contribution in [-0.4, -0.2) is 58.6 Å². The summed E-state index contributed by atoms with van der Waals surface area (Å²) in [5.41, 5.74) is 1.10. The minimum atomic E-state index is -0.944. The van der Waals surface area contributed by atoms with Gasteiger partial charge in [-0.05, 0) is 57.4 Å². The van der Waals surface area contributed by atoms with Crippen molar-refractivity contribution in [1.29, 1.82) is 0 Å². The van der Waals surface area contributed by atoms with Crippen LogP contribution in [0, 0.1) is 5.92 Å². The van der Waals surface area contributed by atoms with E-state index in [1.165, 1.54) is 0 Å². The number of esters is 1. The van der Waals surface area contributed by atoms with Crippen molar-refractivity contribution < 1.29 is 24.2 Å². The molecular weight excluding hydrogens is 396 g/mol. The Kier molecular flexibility index (Phi) is 8.07. The topological polar surface area (TPSA) is 95.9 Å². The van der Waals surface area contributed by atoms with Gasteiger partial charge in [0, 0.05) is 6.04 Å². The highest BCUT2D eigenvalue weighted by molar-refractivity contribution is 5.88. The van der Waals surface area contributed by atoms with E-state index in [2.05, 4.69) is 5.32 Å². The minimum absolute atomic E-state index is 0.0167. The molecule has 1 aromatic rings. The van der Waals surface area contributed by atoms with E-state index in [1.807, 2.05) is 30.3 Å². The van der Waals surface area contributed by atoms with Crippen LogP contribution in [0.4, 0.5) is 0 Å². The predicted molar refractivity (Wildman–Crippen MR) is 116 cm³/mol. The first kappa shape index (κ1) is 23.3. The first-order valence-corrected chi connectivity index (χ1v) is 11.4. The van der Waals surface area contributed by atoms with Crippen LogP contribution in [0.5, 0.6) is 0 Å². The van der Waals surface area contributed by atoms with Crippen LogP contribution in [0.15, 0.2) is 30.3 Å². The van der Waals surface area contributed by atoms with Crippen molar-refractivity contribution in [1.82, 2.24) is 10.2 Å². The summed E-state index contributed by atoms with van der Waals surface area (Å²) < 4.78 is 5.22. The number of nitrogens with one attached hydrogen (secondary N) is 1. The van der Waals surface area contributed by atoms with E-state index in [9.17, 15) is 19.5 Å². The Balaban J connectivity index is 1.70. The highest BCUT2D eigenvalue weighted by Gasteiger charge is 2.48. The van der Waals surface area contributed by atoms with Gasteiger partial charge in [0.05, 0.1) is 12.6 Å². The van der Waals surface area contributed by atoms with Gasteiger partial charge in [-0.1, -0.05) is 43.2 Å². The van der Waals surface area contributed by atoms with Crippen molar-refractivity contribution in [3.63, 3.8) is 0 Å². The van der Waals surface area contributed by atoms with Gasteiger partial charge in [-0.25, -0.2) is 4.79 Å². The fraction of sp³-hybridized carbons (Fsp3) is 0.625. The first-order valence-electron chi connectivity index (χ1n) is 11.4. The number of hydrogen-bond acceptors (Lipinski definition) is 5. The molecule has 1 heterocycles. The van der Waals surface area contributed by atoms with Crippen molar-refractivity contribution in [3.05, 3.63) is 35.9 Å². The lowest BCUT2D eigenvalue weighted by atomic mass is 9.84. The molecule has 1 unspecified atom stereocenters. The third kappa shape index (κ3) is 5.64. The van der Waals surface area contributed by atoms with E-state index < -0.39 is 24.1 Å². The smallest absolute Gasteiger partial charge is 0.326 e. The molecule has 0 bridgehead atoms. The number of hydrogen-bond donors (Lipinski definition) is 2. The van der Waals surface area contributed by atoms with Crippen molar-refractivity contribution in [3.8, 4) is 0 Å². The fourth-order valence-corrected chi connectivity index (χ4v) is 5.06. The van der Waals surface area contributed by atoms with Gasteiger partial charge < -0.3 is 14.7 Å². The molecule has 0 radical (unpaired) electrons. The second-order valence-electron chi connectivity index (χ2n) is 8.66. The molecule has 1 saturated heterocycles. The van der Waals surface area contributed by atoms with Gasteiger partial charge in [0.15, 0.2) is 0 Å². The molecule has 3 rings (SSSR count). The average molecular weight is 431 g/mol. The van der Waals surface area contributed by atoms with Gasteiger partial charge in [0.2, 0.25) is 5.91 Å². The van der Waals surface area contributed by atoms with Crippen LogP contribution < -0.4 is 5.32 Å². The number of amides is 1. The second kappa shape index (κ2) is 10.8. The molecule has 1 saturated carbocycles. The lowest BCUT2D eigenvalue weighted by Crippen LogP contribution is -2.55. The number of rotatable bonds is 9. The highest BCUT2D eigenvalue weighted by atomic mass is 16.5. The molecule has 1 aliphatic heterocycles. The van der Waals surface area contributed by atoms with Crippen LogP contribution in [0.1, 0.15) is 57.9 Å². The van der Waals surface area contributed by atoms with Gasteiger partial charge in [-0.3, -0.25) is 14.9 Å². The van der Waals surface area contributed by atoms with E-state index in [0.717, 1.165) is 31.2 Å². The number of carbonyl (C=O) groups is 3. The molecule has 1 amide bonds. The van der Waals surface area contributed by atoms with E-state index in [1.54, 1.807) is 18.7 Å². The Morgan fingerprint density at radius 2 is 1.90 bits per heavy atom. The number of carbonyl (C=O) groups excluding carboxylic acids is 2. The summed E-state index contributed by atoms with van der Waals surface area (Å²) in [5.74, 6) is -1.31. The molecule has 2 aliphatic rings. The summed E-state index contributed by atoms with van der Waals surface area (Å²) in [6.45, 7) is 3.74. The summed E-state index contributed by atoms with van der Waals surface area (Å²) in [5, 5.41) is 12.9. The zero-order valence-corrected chi connectivity index (χ0v) is 18.5. The monoisotopic (exact) mass is 430 g/mol. The third-order valence-corrected chi connectivity index (χ3v) is 6.58. The normalized spacial score (nSPS) is 24.8. The fourth-order valence-electron chi connectivity index (χ4n) is 5.06. The summed E-state index contributed by atoms with van der Waals surface area (Å²) in [7, 11) is 0. The molecule has 1 aromatic carbocycles. The number of likely N-dealkylation sites (tertiary alicyclic amines) is 1. The van der Waals surface area contributed by atoms with E-state index in [4.69, 9.17) is 4.74 Å². The summed E-state index contributed by atoms with van der Waals surface area (Å²) >= 11 is 0. The van der Waals surface area contributed by atoms with Crippen LogP contribution in [-0.2, 0) is 25.5 Å². The predicted octanol–water partition coefficient (Wildman–Crippen LogP) is 2.77. The van der Waals surface area contributed by atoms with Crippen LogP contribution in [0.2, 0.25) is 0 Å². The summed E-state index contributed by atoms with van der Waals surface area (Å²) in [4.78, 5) is 39.3. The second-order valence-corrected chi connectivity index (χ2v) is 8.66. The number of nitrogens with zero attached hydrogens (tertiary/aromatic N) is 1. The third-order valence-electron chi connectivity index (χ3n) is 6.58. The maximum absolute atomic E-state index is 13.4.